The van der Waals surface area contributed by atoms with Crippen LogP contribution in [0.25, 0.3) is 10.9 Å². The summed E-state index contributed by atoms with van der Waals surface area (Å²) in [6.07, 6.45) is 3.65. The van der Waals surface area contributed by atoms with Crippen molar-refractivity contribution in [3.05, 3.63) is 84.2 Å². The monoisotopic (exact) mass is 358 g/mol. The Kier molecular flexibility index (Phi) is 4.53. The van der Waals surface area contributed by atoms with Crippen molar-refractivity contribution in [2.24, 2.45) is 0 Å². The van der Waals surface area contributed by atoms with Gasteiger partial charge < -0.3 is 10.1 Å². The number of methoxy groups -OCH3 is 1. The molecule has 0 atom stereocenters. The Morgan fingerprint density at radius 1 is 1.11 bits per heavy atom. The minimum absolute atomic E-state index is 0.151. The van der Waals surface area contributed by atoms with E-state index in [0.717, 1.165) is 22.2 Å². The van der Waals surface area contributed by atoms with E-state index in [2.05, 4.69) is 15.4 Å². The van der Waals surface area contributed by atoms with Crippen LogP contribution in [0.5, 0.6) is 5.88 Å². The van der Waals surface area contributed by atoms with Crippen LogP contribution in [0.15, 0.2) is 73.1 Å². The van der Waals surface area contributed by atoms with E-state index >= 15 is 0 Å². The van der Waals surface area contributed by atoms with Crippen molar-refractivity contribution in [2.45, 2.75) is 6.54 Å². The third-order valence-electron chi connectivity index (χ3n) is 4.25. The summed E-state index contributed by atoms with van der Waals surface area (Å²) in [5.41, 5.74) is 3.23. The van der Waals surface area contributed by atoms with Crippen molar-refractivity contribution < 1.29 is 9.53 Å². The van der Waals surface area contributed by atoms with Gasteiger partial charge in [0.15, 0.2) is 0 Å². The zero-order chi connectivity index (χ0) is 18.6. The number of aromatic nitrogens is 3. The molecule has 27 heavy (non-hydrogen) atoms. The second kappa shape index (κ2) is 7.29. The van der Waals surface area contributed by atoms with E-state index < -0.39 is 0 Å². The normalized spacial score (nSPS) is 10.7. The van der Waals surface area contributed by atoms with Crippen LogP contribution in [0, 0.1) is 0 Å². The molecule has 2 aromatic carbocycles. The number of carbonyl (C=O) groups is 1. The van der Waals surface area contributed by atoms with E-state index in [9.17, 15) is 4.79 Å². The number of hydrogen-bond acceptors (Lipinski definition) is 4. The molecule has 2 heterocycles. The highest BCUT2D eigenvalue weighted by Gasteiger charge is 2.07. The molecule has 0 aliphatic carbocycles. The lowest BCUT2D eigenvalue weighted by molar-refractivity contribution is 0.102. The van der Waals surface area contributed by atoms with Crippen molar-refractivity contribution in [1.82, 2.24) is 14.8 Å². The van der Waals surface area contributed by atoms with Gasteiger partial charge in [-0.05, 0) is 48.0 Å². The molecule has 0 spiro atoms. The average molecular weight is 358 g/mol. The molecule has 0 bridgehead atoms. The number of hydrogen-bond donors (Lipinski definition) is 1. The summed E-state index contributed by atoms with van der Waals surface area (Å²) in [7, 11) is 1.59. The fourth-order valence-electron chi connectivity index (χ4n) is 2.84. The summed E-state index contributed by atoms with van der Waals surface area (Å²) < 4.78 is 6.97. The fraction of sp³-hybridized carbons (Fsp3) is 0.0952. The minimum atomic E-state index is -0.151. The van der Waals surface area contributed by atoms with Gasteiger partial charge in [-0.3, -0.25) is 9.48 Å². The van der Waals surface area contributed by atoms with E-state index in [0.29, 0.717) is 18.0 Å². The van der Waals surface area contributed by atoms with Crippen LogP contribution in [0.2, 0.25) is 0 Å². The lowest BCUT2D eigenvalue weighted by atomic mass is 10.1. The molecule has 0 aliphatic heterocycles. The van der Waals surface area contributed by atoms with Crippen LogP contribution in [-0.4, -0.2) is 27.8 Å². The van der Waals surface area contributed by atoms with Crippen molar-refractivity contribution in [1.29, 1.82) is 0 Å². The lowest BCUT2D eigenvalue weighted by Gasteiger charge is -2.08. The Bertz CT molecular complexity index is 1070. The molecule has 1 amide bonds. The van der Waals surface area contributed by atoms with Crippen LogP contribution in [0.4, 0.5) is 5.69 Å². The van der Waals surface area contributed by atoms with Crippen LogP contribution in [0.1, 0.15) is 15.9 Å². The predicted molar refractivity (Wildman–Crippen MR) is 104 cm³/mol. The predicted octanol–water partition coefficient (Wildman–Crippen LogP) is 3.74. The van der Waals surface area contributed by atoms with Crippen molar-refractivity contribution >= 4 is 22.5 Å². The molecule has 2 aromatic heterocycles. The van der Waals surface area contributed by atoms with Gasteiger partial charge in [-0.2, -0.15) is 5.10 Å². The fourth-order valence-corrected chi connectivity index (χ4v) is 2.84. The SMILES string of the molecule is COc1ccc2cc(NC(=O)c3ccc(Cn4cccn4)cc3)ccc2n1. The number of carbonyl (C=O) groups excluding carboxylic acids is 1. The Balaban J connectivity index is 1.47. The number of nitrogens with zero attached hydrogens (tertiary/aromatic N) is 3. The molecular weight excluding hydrogens is 340 g/mol. The number of anilines is 1. The first kappa shape index (κ1) is 16.8. The number of amides is 1. The number of fused-ring (bicyclic) bond motifs is 1. The van der Waals surface area contributed by atoms with Gasteiger partial charge in [-0.15, -0.1) is 0 Å². The molecule has 1 N–H and O–H groups in total. The second-order valence-electron chi connectivity index (χ2n) is 6.12. The molecule has 4 aromatic rings. The third-order valence-corrected chi connectivity index (χ3v) is 4.25. The summed E-state index contributed by atoms with van der Waals surface area (Å²) >= 11 is 0. The van der Waals surface area contributed by atoms with Gasteiger partial charge in [0.05, 0.1) is 19.2 Å². The second-order valence-corrected chi connectivity index (χ2v) is 6.12. The molecule has 0 radical (unpaired) electrons. The number of pyridine rings is 1. The van der Waals surface area contributed by atoms with Crippen molar-refractivity contribution in [3.8, 4) is 5.88 Å². The molecule has 6 nitrogen and oxygen atoms in total. The van der Waals surface area contributed by atoms with E-state index in [1.807, 2.05) is 65.5 Å². The number of ether oxygens (including phenoxy) is 1. The quantitative estimate of drug-likeness (QED) is 0.590. The Hall–Kier alpha value is -3.67. The average Bonchev–Trinajstić information content (AvgIpc) is 3.21. The van der Waals surface area contributed by atoms with Gasteiger partial charge in [-0.1, -0.05) is 12.1 Å². The molecular formula is C21H18N4O2. The lowest BCUT2D eigenvalue weighted by Crippen LogP contribution is -2.12. The topological polar surface area (TPSA) is 69.0 Å². The maximum Gasteiger partial charge on any atom is 0.255 e. The maximum atomic E-state index is 12.5. The molecule has 134 valence electrons. The van der Waals surface area contributed by atoms with Crippen LogP contribution >= 0.6 is 0 Å². The number of nitrogens with one attached hydrogen (secondary N) is 1. The summed E-state index contributed by atoms with van der Waals surface area (Å²) in [5.74, 6) is 0.413. The van der Waals surface area contributed by atoms with E-state index in [4.69, 9.17) is 4.74 Å². The molecule has 0 fully saturated rings. The highest BCUT2D eigenvalue weighted by molar-refractivity contribution is 6.05. The zero-order valence-corrected chi connectivity index (χ0v) is 14.8. The maximum absolute atomic E-state index is 12.5. The standard InChI is InChI=1S/C21H18N4O2/c1-27-20-10-7-17-13-18(8-9-19(17)24-20)23-21(26)16-5-3-15(4-6-16)14-25-12-2-11-22-25/h2-13H,14H2,1H3,(H,23,26). The van der Waals surface area contributed by atoms with Gasteiger partial charge in [0.2, 0.25) is 5.88 Å². The molecule has 0 saturated heterocycles. The van der Waals surface area contributed by atoms with Crippen molar-refractivity contribution in [2.75, 3.05) is 12.4 Å². The minimum Gasteiger partial charge on any atom is -0.481 e. The highest BCUT2D eigenvalue weighted by atomic mass is 16.5. The molecule has 0 aliphatic rings. The first-order valence-electron chi connectivity index (χ1n) is 8.54. The highest BCUT2D eigenvalue weighted by Crippen LogP contribution is 2.21. The Morgan fingerprint density at radius 2 is 1.96 bits per heavy atom. The van der Waals surface area contributed by atoms with Gasteiger partial charge in [-0.25, -0.2) is 4.98 Å². The summed E-state index contributed by atoms with van der Waals surface area (Å²) in [6, 6.07) is 18.7. The molecule has 4 rings (SSSR count). The first-order valence-corrected chi connectivity index (χ1v) is 8.54. The molecule has 0 saturated carbocycles. The Labute approximate surface area is 156 Å². The largest absolute Gasteiger partial charge is 0.481 e. The summed E-state index contributed by atoms with van der Waals surface area (Å²) in [6.45, 7) is 0.677. The van der Waals surface area contributed by atoms with E-state index in [1.165, 1.54) is 0 Å². The number of benzene rings is 2. The first-order chi connectivity index (χ1) is 13.2. The number of rotatable bonds is 5. The van der Waals surface area contributed by atoms with Gasteiger partial charge in [0.1, 0.15) is 0 Å². The van der Waals surface area contributed by atoms with E-state index in [1.54, 1.807) is 19.4 Å². The molecule has 6 heteroatoms. The van der Waals surface area contributed by atoms with Crippen molar-refractivity contribution in [3.63, 3.8) is 0 Å². The van der Waals surface area contributed by atoms with Gasteiger partial charge >= 0.3 is 0 Å². The smallest absolute Gasteiger partial charge is 0.255 e. The van der Waals surface area contributed by atoms with Crippen LogP contribution in [0.3, 0.4) is 0 Å². The van der Waals surface area contributed by atoms with Crippen LogP contribution < -0.4 is 10.1 Å². The zero-order valence-electron chi connectivity index (χ0n) is 14.8. The summed E-state index contributed by atoms with van der Waals surface area (Å²) in [5, 5.41) is 8.05. The van der Waals surface area contributed by atoms with E-state index in [-0.39, 0.29) is 5.91 Å². The third kappa shape index (κ3) is 3.79. The Morgan fingerprint density at radius 3 is 2.70 bits per heavy atom. The summed E-state index contributed by atoms with van der Waals surface area (Å²) in [4.78, 5) is 16.9. The van der Waals surface area contributed by atoms with Crippen LogP contribution in [-0.2, 0) is 6.54 Å². The molecule has 0 unspecified atom stereocenters. The van der Waals surface area contributed by atoms with Gasteiger partial charge in [0, 0.05) is 35.1 Å². The van der Waals surface area contributed by atoms with Gasteiger partial charge in [0.25, 0.3) is 5.91 Å².